The summed E-state index contributed by atoms with van der Waals surface area (Å²) in [6, 6.07) is 8.81. The highest BCUT2D eigenvalue weighted by Gasteiger charge is 2.30. The molecule has 0 bridgehead atoms. The lowest BCUT2D eigenvalue weighted by atomic mass is 9.84. The van der Waals surface area contributed by atoms with Crippen LogP contribution in [-0.4, -0.2) is 49.5 Å². The number of halogens is 1. The zero-order chi connectivity index (χ0) is 19.0. The summed E-state index contributed by atoms with van der Waals surface area (Å²) in [6.45, 7) is 11.8. The molecule has 2 rings (SSSR count). The number of rotatable bonds is 7. The summed E-state index contributed by atoms with van der Waals surface area (Å²) in [5.74, 6) is 0.755. The molecule has 0 saturated carbocycles. The summed E-state index contributed by atoms with van der Waals surface area (Å²) in [7, 11) is 0. The van der Waals surface area contributed by atoms with Crippen LogP contribution in [0.4, 0.5) is 0 Å². The molecule has 6 heteroatoms. The highest BCUT2D eigenvalue weighted by Crippen LogP contribution is 2.24. The minimum atomic E-state index is -0.708. The summed E-state index contributed by atoms with van der Waals surface area (Å²) in [5.41, 5.74) is 1.88. The Morgan fingerprint density at radius 2 is 1.78 bits per heavy atom. The second-order valence-corrected chi connectivity index (χ2v) is 7.82. The third kappa shape index (κ3) is 7.58. The monoisotopic (exact) mass is 489 g/mol. The second kappa shape index (κ2) is 11.2. The van der Waals surface area contributed by atoms with E-state index in [-0.39, 0.29) is 29.4 Å². The Morgan fingerprint density at radius 3 is 2.33 bits per heavy atom. The first kappa shape index (κ1) is 24.2. The van der Waals surface area contributed by atoms with Crippen molar-refractivity contribution in [3.05, 3.63) is 35.4 Å². The van der Waals surface area contributed by atoms with Crippen LogP contribution in [0.15, 0.2) is 29.3 Å². The minimum absolute atomic E-state index is 0. The molecule has 1 aliphatic heterocycles. The average Bonchev–Trinajstić information content (AvgIpc) is 2.65. The smallest absolute Gasteiger partial charge is 0.191 e. The van der Waals surface area contributed by atoms with E-state index in [1.807, 2.05) is 0 Å². The van der Waals surface area contributed by atoms with Crippen LogP contribution in [0, 0.1) is 0 Å². The number of guanidine groups is 1. The standard InChI is InChI=1S/C21H35N3O2.HI/c1-5-17-7-9-18(10-8-17)20(3,4)15-23-19(22-6-2)24-16-21(25)11-13-26-14-12-21;/h7-10,25H,5-6,11-16H2,1-4H3,(H2,22,23,24);1H. The first-order chi connectivity index (χ1) is 12.4. The Morgan fingerprint density at radius 1 is 1.15 bits per heavy atom. The van der Waals surface area contributed by atoms with E-state index in [1.165, 1.54) is 11.1 Å². The molecule has 1 heterocycles. The zero-order valence-electron chi connectivity index (χ0n) is 17.2. The van der Waals surface area contributed by atoms with E-state index in [0.29, 0.717) is 39.1 Å². The summed E-state index contributed by atoms with van der Waals surface area (Å²) in [5, 5.41) is 17.2. The lowest BCUT2D eigenvalue weighted by molar-refractivity contribution is -0.0594. The Bertz CT molecular complexity index is 582. The molecular formula is C21H36IN3O2. The molecule has 0 amide bonds. The van der Waals surface area contributed by atoms with E-state index in [4.69, 9.17) is 9.73 Å². The summed E-state index contributed by atoms with van der Waals surface area (Å²) in [4.78, 5) is 4.77. The lowest BCUT2D eigenvalue weighted by Gasteiger charge is -2.32. The van der Waals surface area contributed by atoms with Gasteiger partial charge in [-0.15, -0.1) is 24.0 Å². The van der Waals surface area contributed by atoms with Gasteiger partial charge in [0.1, 0.15) is 0 Å². The van der Waals surface area contributed by atoms with Gasteiger partial charge < -0.3 is 20.5 Å². The van der Waals surface area contributed by atoms with Crippen molar-refractivity contribution >= 4 is 29.9 Å². The predicted octanol–water partition coefficient (Wildman–Crippen LogP) is 3.24. The van der Waals surface area contributed by atoms with Gasteiger partial charge >= 0.3 is 0 Å². The van der Waals surface area contributed by atoms with E-state index in [2.05, 4.69) is 62.6 Å². The molecule has 1 fully saturated rings. The maximum Gasteiger partial charge on any atom is 0.191 e. The topological polar surface area (TPSA) is 65.9 Å². The van der Waals surface area contributed by atoms with Gasteiger partial charge in [-0.3, -0.25) is 4.99 Å². The van der Waals surface area contributed by atoms with Gasteiger partial charge in [-0.2, -0.15) is 0 Å². The van der Waals surface area contributed by atoms with E-state index in [1.54, 1.807) is 0 Å². The van der Waals surface area contributed by atoms with Gasteiger partial charge in [0.2, 0.25) is 0 Å². The van der Waals surface area contributed by atoms with E-state index in [9.17, 15) is 5.11 Å². The van der Waals surface area contributed by atoms with Crippen LogP contribution in [0.5, 0.6) is 0 Å². The van der Waals surface area contributed by atoms with Crippen LogP contribution in [0.3, 0.4) is 0 Å². The van der Waals surface area contributed by atoms with Crippen molar-refractivity contribution < 1.29 is 9.84 Å². The number of nitrogens with zero attached hydrogens (tertiary/aromatic N) is 1. The molecule has 0 unspecified atom stereocenters. The molecular weight excluding hydrogens is 453 g/mol. The maximum absolute atomic E-state index is 10.6. The van der Waals surface area contributed by atoms with Crippen LogP contribution < -0.4 is 10.6 Å². The summed E-state index contributed by atoms with van der Waals surface area (Å²) >= 11 is 0. The van der Waals surface area contributed by atoms with Crippen molar-refractivity contribution in [1.29, 1.82) is 0 Å². The highest BCUT2D eigenvalue weighted by molar-refractivity contribution is 14.0. The van der Waals surface area contributed by atoms with Gasteiger partial charge in [0.15, 0.2) is 5.96 Å². The lowest BCUT2D eigenvalue weighted by Crippen LogP contribution is -2.49. The van der Waals surface area contributed by atoms with Crippen molar-refractivity contribution in [2.45, 2.75) is 58.0 Å². The molecule has 27 heavy (non-hydrogen) atoms. The fourth-order valence-electron chi connectivity index (χ4n) is 3.08. The second-order valence-electron chi connectivity index (χ2n) is 7.82. The van der Waals surface area contributed by atoms with E-state index in [0.717, 1.165) is 18.9 Å². The minimum Gasteiger partial charge on any atom is -0.388 e. The van der Waals surface area contributed by atoms with Crippen molar-refractivity contribution in [3.63, 3.8) is 0 Å². The highest BCUT2D eigenvalue weighted by atomic mass is 127. The molecule has 154 valence electrons. The number of nitrogens with one attached hydrogen (secondary N) is 2. The van der Waals surface area contributed by atoms with Gasteiger partial charge in [-0.1, -0.05) is 45.0 Å². The molecule has 0 spiro atoms. The summed E-state index contributed by atoms with van der Waals surface area (Å²) in [6.07, 6.45) is 2.38. The molecule has 0 aliphatic carbocycles. The van der Waals surface area contributed by atoms with Crippen LogP contribution in [0.2, 0.25) is 0 Å². The van der Waals surface area contributed by atoms with Crippen LogP contribution in [0.1, 0.15) is 51.7 Å². The van der Waals surface area contributed by atoms with Gasteiger partial charge in [-0.05, 0) is 24.5 Å². The Hall–Kier alpha value is -0.860. The number of aliphatic imine (C=N–C) groups is 1. The molecule has 0 radical (unpaired) electrons. The van der Waals surface area contributed by atoms with Crippen LogP contribution in [-0.2, 0) is 16.6 Å². The van der Waals surface area contributed by atoms with Gasteiger partial charge in [0.25, 0.3) is 0 Å². The Kier molecular flexibility index (Phi) is 10.0. The number of hydrogen-bond donors (Lipinski definition) is 3. The largest absolute Gasteiger partial charge is 0.388 e. The Balaban J connectivity index is 0.00000364. The van der Waals surface area contributed by atoms with Crippen molar-refractivity contribution in [2.75, 3.05) is 32.8 Å². The number of ether oxygens (including phenoxy) is 1. The number of hydrogen-bond acceptors (Lipinski definition) is 3. The molecule has 1 saturated heterocycles. The molecule has 3 N–H and O–H groups in total. The Labute approximate surface area is 181 Å². The van der Waals surface area contributed by atoms with E-state index < -0.39 is 5.60 Å². The molecule has 5 nitrogen and oxygen atoms in total. The van der Waals surface area contributed by atoms with Gasteiger partial charge in [0, 0.05) is 44.6 Å². The third-order valence-corrected chi connectivity index (χ3v) is 5.13. The summed E-state index contributed by atoms with van der Waals surface area (Å²) < 4.78 is 5.34. The third-order valence-electron chi connectivity index (χ3n) is 5.13. The fraction of sp³-hybridized carbons (Fsp3) is 0.667. The fourth-order valence-corrected chi connectivity index (χ4v) is 3.08. The van der Waals surface area contributed by atoms with Crippen molar-refractivity contribution in [2.24, 2.45) is 4.99 Å². The molecule has 1 aliphatic rings. The van der Waals surface area contributed by atoms with Gasteiger partial charge in [0.05, 0.1) is 12.1 Å². The van der Waals surface area contributed by atoms with Crippen LogP contribution >= 0.6 is 24.0 Å². The molecule has 1 aromatic rings. The molecule has 0 atom stereocenters. The number of benzene rings is 1. The SMILES string of the molecule is CCNC(=NCC(C)(C)c1ccc(CC)cc1)NCC1(O)CCOCC1.I. The molecule has 1 aromatic carbocycles. The van der Waals surface area contributed by atoms with Gasteiger partial charge in [-0.25, -0.2) is 0 Å². The normalized spacial score (nSPS) is 17.1. The van der Waals surface area contributed by atoms with Crippen LogP contribution in [0.25, 0.3) is 0 Å². The zero-order valence-corrected chi connectivity index (χ0v) is 19.5. The quantitative estimate of drug-likeness (QED) is 0.313. The first-order valence-electron chi connectivity index (χ1n) is 9.80. The predicted molar refractivity (Wildman–Crippen MR) is 123 cm³/mol. The van der Waals surface area contributed by atoms with Crippen molar-refractivity contribution in [3.8, 4) is 0 Å². The molecule has 0 aromatic heterocycles. The van der Waals surface area contributed by atoms with E-state index >= 15 is 0 Å². The van der Waals surface area contributed by atoms with Crippen molar-refractivity contribution in [1.82, 2.24) is 10.6 Å². The average molecular weight is 489 g/mol. The number of aryl methyl sites for hydroxylation is 1. The number of aliphatic hydroxyl groups is 1. The maximum atomic E-state index is 10.6. The first-order valence-corrected chi connectivity index (χ1v) is 9.80.